The van der Waals surface area contributed by atoms with E-state index in [-0.39, 0.29) is 29.4 Å². The van der Waals surface area contributed by atoms with Crippen molar-refractivity contribution in [2.45, 2.75) is 12.7 Å². The Balaban J connectivity index is 1.53. The molecule has 0 spiro atoms. The summed E-state index contributed by atoms with van der Waals surface area (Å²) < 4.78 is 35.7. The van der Waals surface area contributed by atoms with Crippen molar-refractivity contribution in [2.24, 2.45) is 7.05 Å². The second-order valence-corrected chi connectivity index (χ2v) is 4.96. The van der Waals surface area contributed by atoms with Gasteiger partial charge in [0.15, 0.2) is 11.5 Å². The third-order valence-electron chi connectivity index (χ3n) is 3.27. The number of benzene rings is 1. The van der Waals surface area contributed by atoms with Crippen LogP contribution in [0.15, 0.2) is 23.0 Å². The molecule has 2 heterocycles. The van der Waals surface area contributed by atoms with Gasteiger partial charge in [0.05, 0.1) is 0 Å². The minimum Gasteiger partial charge on any atom is -0.395 e. The number of carbonyl (C=O) groups excluding carboxylic acids is 1. The van der Waals surface area contributed by atoms with E-state index in [1.165, 1.54) is 22.8 Å². The molecule has 0 atom stereocenters. The number of nitrogens with zero attached hydrogens (tertiary/aromatic N) is 2. The molecule has 0 radical (unpaired) electrons. The number of ether oxygens (including phenoxy) is 2. The van der Waals surface area contributed by atoms with Gasteiger partial charge in [-0.3, -0.25) is 4.57 Å². The van der Waals surface area contributed by atoms with Gasteiger partial charge >= 0.3 is 18.0 Å². The van der Waals surface area contributed by atoms with Crippen LogP contribution in [-0.4, -0.2) is 33.6 Å². The first-order valence-electron chi connectivity index (χ1n) is 6.89. The number of carbonyl (C=O) groups is 1. The molecule has 1 aliphatic heterocycles. The van der Waals surface area contributed by atoms with Gasteiger partial charge in [-0.05, 0) is 12.1 Å². The third-order valence-corrected chi connectivity index (χ3v) is 3.27. The van der Waals surface area contributed by atoms with E-state index in [9.17, 15) is 18.4 Å². The van der Waals surface area contributed by atoms with Crippen LogP contribution >= 0.6 is 0 Å². The molecule has 0 saturated heterocycles. The Bertz CT molecular complexity index is 832. The van der Waals surface area contributed by atoms with Crippen molar-refractivity contribution in [3.8, 4) is 11.5 Å². The summed E-state index contributed by atoms with van der Waals surface area (Å²) >= 11 is 0. The van der Waals surface area contributed by atoms with Gasteiger partial charge in [-0.2, -0.15) is 5.10 Å². The largest absolute Gasteiger partial charge is 0.586 e. The van der Waals surface area contributed by atoms with Crippen LogP contribution in [0.4, 0.5) is 19.3 Å². The molecule has 11 heteroatoms. The number of anilines is 1. The summed E-state index contributed by atoms with van der Waals surface area (Å²) in [7, 11) is 1.56. The van der Waals surface area contributed by atoms with Crippen molar-refractivity contribution in [3.63, 3.8) is 0 Å². The number of rotatable bonds is 4. The summed E-state index contributed by atoms with van der Waals surface area (Å²) in [6.45, 7) is 0.229. The van der Waals surface area contributed by atoms with Crippen LogP contribution in [0, 0.1) is 0 Å². The lowest BCUT2D eigenvalue weighted by Gasteiger charge is -2.07. The summed E-state index contributed by atoms with van der Waals surface area (Å²) in [4.78, 5) is 23.0. The first-order valence-corrected chi connectivity index (χ1v) is 6.89. The zero-order valence-electron chi connectivity index (χ0n) is 12.4. The van der Waals surface area contributed by atoms with Crippen molar-refractivity contribution in [1.82, 2.24) is 20.1 Å². The average Bonchev–Trinajstić information content (AvgIpc) is 2.98. The van der Waals surface area contributed by atoms with Gasteiger partial charge in [-0.1, -0.05) is 0 Å². The number of nitrogens with one attached hydrogen (secondary N) is 3. The Kier molecular flexibility index (Phi) is 3.83. The van der Waals surface area contributed by atoms with Crippen LogP contribution in [-0.2, 0) is 13.5 Å². The monoisotopic (exact) mass is 341 g/mol. The van der Waals surface area contributed by atoms with E-state index in [2.05, 4.69) is 30.3 Å². The summed E-state index contributed by atoms with van der Waals surface area (Å²) in [5.41, 5.74) is -0.0775. The number of aromatic nitrogens is 3. The Morgan fingerprint density at radius 3 is 2.83 bits per heavy atom. The van der Waals surface area contributed by atoms with Gasteiger partial charge in [-0.25, -0.2) is 14.7 Å². The summed E-state index contributed by atoms with van der Waals surface area (Å²) in [5, 5.41) is 11.1. The van der Waals surface area contributed by atoms with Crippen molar-refractivity contribution < 1.29 is 23.0 Å². The van der Waals surface area contributed by atoms with Crippen molar-refractivity contribution in [3.05, 3.63) is 34.5 Å². The molecule has 0 fully saturated rings. The Morgan fingerprint density at radius 2 is 2.12 bits per heavy atom. The quantitative estimate of drug-likeness (QED) is 0.762. The highest BCUT2D eigenvalue weighted by molar-refractivity contribution is 5.89. The fourth-order valence-electron chi connectivity index (χ4n) is 2.09. The maximum absolute atomic E-state index is 12.9. The molecule has 1 aromatic heterocycles. The van der Waals surface area contributed by atoms with E-state index >= 15 is 0 Å². The first-order chi connectivity index (χ1) is 11.3. The first kappa shape index (κ1) is 15.8. The molecule has 3 N–H and O–H groups in total. The topological polar surface area (TPSA) is 110 Å². The second kappa shape index (κ2) is 5.83. The maximum Gasteiger partial charge on any atom is 0.586 e. The number of aromatic amines is 1. The van der Waals surface area contributed by atoms with Crippen molar-refractivity contribution in [2.75, 3.05) is 11.9 Å². The van der Waals surface area contributed by atoms with Crippen molar-refractivity contribution in [1.29, 1.82) is 0 Å². The highest BCUT2D eigenvalue weighted by Crippen LogP contribution is 2.42. The summed E-state index contributed by atoms with van der Waals surface area (Å²) in [6.07, 6.45) is -3.36. The number of H-pyrrole nitrogens is 1. The minimum atomic E-state index is -3.71. The van der Waals surface area contributed by atoms with E-state index in [0.29, 0.717) is 12.2 Å². The average molecular weight is 341 g/mol. The normalized spacial score (nSPS) is 14.5. The summed E-state index contributed by atoms with van der Waals surface area (Å²) in [6, 6.07) is 3.36. The Labute approximate surface area is 133 Å². The standard InChI is InChI=1S/C13H13F2N5O4/c1-20-10(18-19-12(20)22)4-5-16-11(21)17-7-2-3-8-9(6-7)24-13(14,15)23-8/h2-3,6H,4-5H2,1H3,(H,19,22)(H2,16,17,21). The fourth-order valence-corrected chi connectivity index (χ4v) is 2.09. The van der Waals surface area contributed by atoms with E-state index in [1.54, 1.807) is 7.05 Å². The predicted octanol–water partition coefficient (Wildman–Crippen LogP) is 0.794. The number of hydrogen-bond donors (Lipinski definition) is 3. The molecule has 0 saturated carbocycles. The number of alkyl halides is 2. The van der Waals surface area contributed by atoms with Crippen LogP contribution in [0.25, 0.3) is 0 Å². The molecule has 0 aliphatic carbocycles. The lowest BCUT2D eigenvalue weighted by molar-refractivity contribution is -0.286. The molecule has 1 aromatic carbocycles. The number of halogens is 2. The molecule has 24 heavy (non-hydrogen) atoms. The van der Waals surface area contributed by atoms with Crippen LogP contribution in [0.1, 0.15) is 5.82 Å². The van der Waals surface area contributed by atoms with Crippen LogP contribution in [0.2, 0.25) is 0 Å². The molecule has 9 nitrogen and oxygen atoms in total. The van der Waals surface area contributed by atoms with Gasteiger partial charge in [-0.15, -0.1) is 8.78 Å². The molecule has 0 unspecified atom stereocenters. The lowest BCUT2D eigenvalue weighted by atomic mass is 10.3. The number of fused-ring (bicyclic) bond motifs is 1. The number of amides is 2. The Hall–Kier alpha value is -3.11. The molecule has 0 bridgehead atoms. The molecule has 2 amide bonds. The molecule has 3 rings (SSSR count). The lowest BCUT2D eigenvalue weighted by Crippen LogP contribution is -2.31. The molecular formula is C13H13F2N5O4. The fraction of sp³-hybridized carbons (Fsp3) is 0.308. The van der Waals surface area contributed by atoms with Gasteiger partial charge < -0.3 is 20.1 Å². The maximum atomic E-state index is 12.9. The van der Waals surface area contributed by atoms with E-state index < -0.39 is 12.3 Å². The van der Waals surface area contributed by atoms with E-state index in [4.69, 9.17) is 0 Å². The predicted molar refractivity (Wildman–Crippen MR) is 77.2 cm³/mol. The van der Waals surface area contributed by atoms with E-state index in [1.807, 2.05) is 0 Å². The molecule has 2 aromatic rings. The van der Waals surface area contributed by atoms with Crippen LogP contribution < -0.4 is 25.8 Å². The zero-order chi connectivity index (χ0) is 17.3. The van der Waals surface area contributed by atoms with Crippen molar-refractivity contribution >= 4 is 11.7 Å². The molecule has 128 valence electrons. The van der Waals surface area contributed by atoms with Gasteiger partial charge in [0.1, 0.15) is 5.82 Å². The highest BCUT2D eigenvalue weighted by atomic mass is 19.3. The van der Waals surface area contributed by atoms with Gasteiger partial charge in [0, 0.05) is 31.8 Å². The van der Waals surface area contributed by atoms with E-state index in [0.717, 1.165) is 0 Å². The minimum absolute atomic E-state index is 0.106. The number of hydrogen-bond acceptors (Lipinski definition) is 5. The SMILES string of the molecule is Cn1c(CCNC(=O)Nc2ccc3c(c2)OC(F)(F)O3)n[nH]c1=O. The summed E-state index contributed by atoms with van der Waals surface area (Å²) in [5.74, 6) is 0.223. The molecular weight excluding hydrogens is 328 g/mol. The Morgan fingerprint density at radius 1 is 1.38 bits per heavy atom. The second-order valence-electron chi connectivity index (χ2n) is 4.96. The molecule has 1 aliphatic rings. The van der Waals surface area contributed by atoms with Gasteiger partial charge in [0.2, 0.25) is 0 Å². The number of urea groups is 1. The zero-order valence-corrected chi connectivity index (χ0v) is 12.4. The van der Waals surface area contributed by atoms with Gasteiger partial charge in [0.25, 0.3) is 0 Å². The highest BCUT2D eigenvalue weighted by Gasteiger charge is 2.43. The third kappa shape index (κ3) is 3.29. The van der Waals surface area contributed by atoms with Crippen LogP contribution in [0.3, 0.4) is 0 Å². The van der Waals surface area contributed by atoms with Crippen LogP contribution in [0.5, 0.6) is 11.5 Å². The smallest absolute Gasteiger partial charge is 0.395 e.